The van der Waals surface area contributed by atoms with Gasteiger partial charge in [-0.05, 0) is 6.07 Å². The lowest BCUT2D eigenvalue weighted by Crippen LogP contribution is -2.53. The molecular weight excluding hydrogens is 342 g/mol. The molecule has 0 radical (unpaired) electrons. The van der Waals surface area contributed by atoms with Gasteiger partial charge in [0, 0.05) is 37.5 Å². The van der Waals surface area contributed by atoms with Crippen LogP contribution in [0.1, 0.15) is 21.7 Å². The van der Waals surface area contributed by atoms with Crippen molar-refractivity contribution in [3.05, 3.63) is 47.3 Å². The van der Waals surface area contributed by atoms with Gasteiger partial charge in [-0.15, -0.1) is 0 Å². The minimum absolute atomic E-state index is 0.119. The smallest absolute Gasteiger partial charge is 0.395 e. The van der Waals surface area contributed by atoms with Crippen LogP contribution >= 0.6 is 0 Å². The lowest BCUT2D eigenvalue weighted by Gasteiger charge is -2.41. The summed E-state index contributed by atoms with van der Waals surface area (Å²) in [4.78, 5) is 19.7. The number of methoxy groups -OCH3 is 1. The van der Waals surface area contributed by atoms with Crippen molar-refractivity contribution in [3.63, 3.8) is 0 Å². The normalized spacial score (nSPS) is 15.2. The number of nitrogens with one attached hydrogen (secondary N) is 1. The number of carbonyl (C=O) groups excluding carboxylic acids is 1. The number of ether oxygens (including phenoxy) is 1. The minimum atomic E-state index is -4.23. The van der Waals surface area contributed by atoms with Gasteiger partial charge in [-0.3, -0.25) is 4.98 Å². The SMILES string of the molecule is COC(=O)c1c[nH]c(Cc2ncc(N3CC(C(F)(F)F)C3)cc2F)c1. The molecule has 0 saturated carbocycles. The average Bonchev–Trinajstić information content (AvgIpc) is 2.95. The molecule has 1 N–H and O–H groups in total. The lowest BCUT2D eigenvalue weighted by atomic mass is 9.99. The van der Waals surface area contributed by atoms with Crippen molar-refractivity contribution < 1.29 is 27.1 Å². The summed E-state index contributed by atoms with van der Waals surface area (Å²) in [6.07, 6.45) is -1.30. The molecule has 0 unspecified atom stereocenters. The first-order valence-electron chi connectivity index (χ1n) is 7.49. The summed E-state index contributed by atoms with van der Waals surface area (Å²) in [5.41, 5.74) is 1.34. The van der Waals surface area contributed by atoms with Crippen LogP contribution in [0.25, 0.3) is 0 Å². The summed E-state index contributed by atoms with van der Waals surface area (Å²) >= 11 is 0. The topological polar surface area (TPSA) is 58.2 Å². The van der Waals surface area contributed by atoms with Crippen LogP contribution in [0.3, 0.4) is 0 Å². The third-order valence-electron chi connectivity index (χ3n) is 4.13. The van der Waals surface area contributed by atoms with Gasteiger partial charge in [-0.2, -0.15) is 13.2 Å². The highest BCUT2D eigenvalue weighted by Gasteiger charge is 2.47. The van der Waals surface area contributed by atoms with Crippen molar-refractivity contribution >= 4 is 11.7 Å². The van der Waals surface area contributed by atoms with Crippen molar-refractivity contribution in [1.29, 1.82) is 0 Å². The number of nitrogens with zero attached hydrogens (tertiary/aromatic N) is 2. The molecule has 0 spiro atoms. The summed E-state index contributed by atoms with van der Waals surface area (Å²) in [5, 5.41) is 0. The van der Waals surface area contributed by atoms with E-state index in [0.717, 1.165) is 0 Å². The van der Waals surface area contributed by atoms with E-state index in [2.05, 4.69) is 14.7 Å². The van der Waals surface area contributed by atoms with Crippen LogP contribution in [-0.2, 0) is 11.2 Å². The molecule has 2 aromatic heterocycles. The summed E-state index contributed by atoms with van der Waals surface area (Å²) in [6.45, 7) is -0.383. The number of aromatic amines is 1. The van der Waals surface area contributed by atoms with Crippen LogP contribution in [-0.4, -0.2) is 42.3 Å². The van der Waals surface area contributed by atoms with Crippen molar-refractivity contribution in [2.45, 2.75) is 12.6 Å². The molecule has 3 heterocycles. The number of pyridine rings is 1. The fourth-order valence-corrected chi connectivity index (χ4v) is 2.62. The van der Waals surface area contributed by atoms with Gasteiger partial charge < -0.3 is 14.6 Å². The Balaban J connectivity index is 1.67. The Labute approximate surface area is 140 Å². The molecule has 1 fully saturated rings. The zero-order valence-electron chi connectivity index (χ0n) is 13.2. The molecule has 9 heteroatoms. The average molecular weight is 357 g/mol. The highest BCUT2D eigenvalue weighted by atomic mass is 19.4. The quantitative estimate of drug-likeness (QED) is 0.675. The van der Waals surface area contributed by atoms with E-state index in [4.69, 9.17) is 0 Å². The summed E-state index contributed by atoms with van der Waals surface area (Å²) in [5.74, 6) is -2.50. The van der Waals surface area contributed by atoms with Gasteiger partial charge in [-0.1, -0.05) is 0 Å². The Kier molecular flexibility index (Phi) is 4.40. The Bertz CT molecular complexity index is 782. The van der Waals surface area contributed by atoms with Gasteiger partial charge in [0.25, 0.3) is 0 Å². The molecule has 1 aliphatic heterocycles. The molecule has 0 bridgehead atoms. The predicted molar refractivity (Wildman–Crippen MR) is 80.9 cm³/mol. The molecule has 25 heavy (non-hydrogen) atoms. The fourth-order valence-electron chi connectivity index (χ4n) is 2.62. The van der Waals surface area contributed by atoms with E-state index in [9.17, 15) is 22.4 Å². The second-order valence-electron chi connectivity index (χ2n) is 5.85. The number of esters is 1. The number of anilines is 1. The van der Waals surface area contributed by atoms with E-state index < -0.39 is 23.9 Å². The number of carbonyl (C=O) groups is 1. The second kappa shape index (κ2) is 6.38. The Morgan fingerprint density at radius 3 is 2.72 bits per heavy atom. The van der Waals surface area contributed by atoms with Gasteiger partial charge in [0.1, 0.15) is 5.82 Å². The van der Waals surface area contributed by atoms with Crippen LogP contribution in [0.15, 0.2) is 24.5 Å². The molecule has 0 atom stereocenters. The number of hydrogen-bond donors (Lipinski definition) is 1. The number of halogens is 4. The number of hydrogen-bond acceptors (Lipinski definition) is 4. The maximum Gasteiger partial charge on any atom is 0.395 e. The molecule has 0 amide bonds. The number of H-pyrrole nitrogens is 1. The Hall–Kier alpha value is -2.58. The molecular formula is C16H15F4N3O2. The first-order chi connectivity index (χ1) is 11.8. The zero-order valence-corrected chi connectivity index (χ0v) is 13.2. The van der Waals surface area contributed by atoms with Crippen LogP contribution in [0.2, 0.25) is 0 Å². The zero-order chi connectivity index (χ0) is 18.2. The number of rotatable bonds is 4. The third-order valence-corrected chi connectivity index (χ3v) is 4.13. The second-order valence-corrected chi connectivity index (χ2v) is 5.85. The maximum atomic E-state index is 14.2. The van der Waals surface area contributed by atoms with Crippen LogP contribution in [0, 0.1) is 11.7 Å². The van der Waals surface area contributed by atoms with Crippen molar-refractivity contribution in [2.75, 3.05) is 25.1 Å². The van der Waals surface area contributed by atoms with Crippen molar-refractivity contribution in [1.82, 2.24) is 9.97 Å². The van der Waals surface area contributed by atoms with E-state index in [-0.39, 0.29) is 25.2 Å². The Morgan fingerprint density at radius 1 is 1.40 bits per heavy atom. The van der Waals surface area contributed by atoms with Gasteiger partial charge in [0.2, 0.25) is 0 Å². The van der Waals surface area contributed by atoms with E-state index in [1.54, 1.807) is 0 Å². The van der Waals surface area contributed by atoms with Crippen LogP contribution < -0.4 is 4.90 Å². The molecule has 3 rings (SSSR count). The summed E-state index contributed by atoms with van der Waals surface area (Å²) in [7, 11) is 1.26. The maximum absolute atomic E-state index is 14.2. The standard InChI is InChI=1S/C16H15F4N3O2/c1-25-15(24)9-2-11(21-5-9)3-14-13(17)4-12(6-22-14)23-7-10(8-23)16(18,19)20/h2,4-6,10,21H,3,7-8H2,1H3. The summed E-state index contributed by atoms with van der Waals surface area (Å²) in [6, 6.07) is 2.71. The molecule has 0 aliphatic carbocycles. The first-order valence-corrected chi connectivity index (χ1v) is 7.49. The van der Waals surface area contributed by atoms with Gasteiger partial charge in [0.05, 0.1) is 36.2 Å². The highest BCUT2D eigenvalue weighted by Crippen LogP contribution is 2.36. The van der Waals surface area contributed by atoms with Gasteiger partial charge >= 0.3 is 12.1 Å². The van der Waals surface area contributed by atoms with Crippen molar-refractivity contribution in [3.8, 4) is 0 Å². The number of aromatic nitrogens is 2. The van der Waals surface area contributed by atoms with E-state index in [0.29, 0.717) is 16.9 Å². The van der Waals surface area contributed by atoms with E-state index >= 15 is 0 Å². The highest BCUT2D eigenvalue weighted by molar-refractivity contribution is 5.89. The van der Waals surface area contributed by atoms with E-state index in [1.165, 1.54) is 36.5 Å². The van der Waals surface area contributed by atoms with Crippen LogP contribution in [0.4, 0.5) is 23.2 Å². The molecule has 0 aromatic carbocycles. The lowest BCUT2D eigenvalue weighted by molar-refractivity contribution is -0.180. The number of alkyl halides is 3. The third kappa shape index (κ3) is 3.59. The molecule has 1 saturated heterocycles. The Morgan fingerprint density at radius 2 is 2.12 bits per heavy atom. The molecule has 5 nitrogen and oxygen atoms in total. The van der Waals surface area contributed by atoms with Crippen LogP contribution in [0.5, 0.6) is 0 Å². The van der Waals surface area contributed by atoms with Gasteiger partial charge in [0.15, 0.2) is 0 Å². The monoisotopic (exact) mass is 357 g/mol. The first kappa shape index (κ1) is 17.2. The minimum Gasteiger partial charge on any atom is -0.465 e. The van der Waals surface area contributed by atoms with Crippen molar-refractivity contribution in [2.24, 2.45) is 5.92 Å². The largest absolute Gasteiger partial charge is 0.465 e. The van der Waals surface area contributed by atoms with E-state index in [1.807, 2.05) is 0 Å². The van der Waals surface area contributed by atoms with Gasteiger partial charge in [-0.25, -0.2) is 9.18 Å². The molecule has 2 aromatic rings. The predicted octanol–water partition coefficient (Wildman–Crippen LogP) is 2.92. The molecule has 134 valence electrons. The summed E-state index contributed by atoms with van der Waals surface area (Å²) < 4.78 is 56.3. The fraction of sp³-hybridized carbons (Fsp3) is 0.375. The molecule has 1 aliphatic rings.